The van der Waals surface area contributed by atoms with E-state index >= 15 is 0 Å². The highest BCUT2D eigenvalue weighted by Crippen LogP contribution is 2.12. The van der Waals surface area contributed by atoms with Gasteiger partial charge in [0, 0.05) is 0 Å². The number of nitrogens with one attached hydrogen (secondary N) is 1. The third-order valence-electron chi connectivity index (χ3n) is 2.02. The molecule has 0 amide bonds. The fourth-order valence-electron chi connectivity index (χ4n) is 1.32. The largest absolute Gasteiger partial charge is 0.480 e. The fraction of sp³-hybridized carbons (Fsp3) is 0.300. The van der Waals surface area contributed by atoms with Gasteiger partial charge in [-0.1, -0.05) is 30.3 Å². The van der Waals surface area contributed by atoms with E-state index in [4.69, 9.17) is 10.2 Å². The Bertz CT molecular complexity index is 471. The second-order valence-electron chi connectivity index (χ2n) is 3.42. The third-order valence-corrected chi connectivity index (χ3v) is 3.29. The monoisotopic (exact) mass is 259 g/mol. The van der Waals surface area contributed by atoms with Gasteiger partial charge in [0.15, 0.2) is 5.75 Å². The summed E-state index contributed by atoms with van der Waals surface area (Å²) in [4.78, 5) is 10.3. The van der Waals surface area contributed by atoms with Gasteiger partial charge in [-0.25, -0.2) is 13.1 Å². The van der Waals surface area contributed by atoms with Gasteiger partial charge < -0.3 is 10.2 Å². The molecule has 0 fully saturated rings. The second kappa shape index (κ2) is 5.76. The first-order valence-electron chi connectivity index (χ1n) is 4.82. The maximum absolute atomic E-state index is 11.4. The first-order chi connectivity index (χ1) is 7.94. The zero-order valence-electron chi connectivity index (χ0n) is 8.91. The van der Waals surface area contributed by atoms with Crippen LogP contribution in [0.2, 0.25) is 0 Å². The number of hydrogen-bond donors (Lipinski definition) is 3. The number of carbonyl (C=O) groups is 1. The minimum absolute atomic E-state index is 0.442. The highest BCUT2D eigenvalue weighted by Gasteiger charge is 2.21. The van der Waals surface area contributed by atoms with Crippen LogP contribution in [0.15, 0.2) is 30.3 Å². The summed E-state index contributed by atoms with van der Waals surface area (Å²) >= 11 is 0. The molecule has 94 valence electrons. The number of carboxylic acid groups (broad SMARTS) is 1. The standard InChI is InChI=1S/C10H13NO5S/c12-6-9(8-4-2-1-3-5-8)11-17(15,16)7-10(13)14/h1-5,9,11-12H,6-7H2,(H,13,14). The normalized spacial score (nSPS) is 13.2. The molecule has 1 aromatic carbocycles. The van der Waals surface area contributed by atoms with Crippen molar-refractivity contribution >= 4 is 16.0 Å². The number of benzene rings is 1. The van der Waals surface area contributed by atoms with E-state index in [0.717, 1.165) is 0 Å². The van der Waals surface area contributed by atoms with Crippen molar-refractivity contribution in [2.24, 2.45) is 0 Å². The Kier molecular flexibility index (Phi) is 4.62. The summed E-state index contributed by atoms with van der Waals surface area (Å²) in [5.74, 6) is -2.46. The number of aliphatic carboxylic acids is 1. The summed E-state index contributed by atoms with van der Waals surface area (Å²) in [5, 5.41) is 17.5. The van der Waals surface area contributed by atoms with E-state index < -0.39 is 34.4 Å². The lowest BCUT2D eigenvalue weighted by Gasteiger charge is -2.15. The van der Waals surface area contributed by atoms with Crippen LogP contribution in [0.25, 0.3) is 0 Å². The molecule has 1 atom stereocenters. The summed E-state index contributed by atoms with van der Waals surface area (Å²) in [7, 11) is -3.95. The number of aliphatic hydroxyl groups excluding tert-OH is 1. The topological polar surface area (TPSA) is 104 Å². The Hall–Kier alpha value is -1.44. The van der Waals surface area contributed by atoms with Gasteiger partial charge in [0.1, 0.15) is 0 Å². The van der Waals surface area contributed by atoms with Gasteiger partial charge in [0.2, 0.25) is 10.0 Å². The maximum Gasteiger partial charge on any atom is 0.320 e. The minimum atomic E-state index is -3.95. The molecule has 1 aromatic rings. The molecule has 1 unspecified atom stereocenters. The Morgan fingerprint density at radius 3 is 2.35 bits per heavy atom. The van der Waals surface area contributed by atoms with Crippen LogP contribution in [-0.4, -0.2) is 37.0 Å². The maximum atomic E-state index is 11.4. The molecule has 3 N–H and O–H groups in total. The van der Waals surface area contributed by atoms with Gasteiger partial charge in [-0.05, 0) is 5.56 Å². The van der Waals surface area contributed by atoms with E-state index in [0.29, 0.717) is 5.56 Å². The molecule has 0 aromatic heterocycles. The van der Waals surface area contributed by atoms with E-state index in [1.807, 2.05) is 0 Å². The predicted molar refractivity (Wildman–Crippen MR) is 60.8 cm³/mol. The minimum Gasteiger partial charge on any atom is -0.480 e. The molecule has 1 rings (SSSR count). The number of carboxylic acids is 1. The Balaban J connectivity index is 2.81. The summed E-state index contributed by atoms with van der Waals surface area (Å²) in [5.41, 5.74) is 0.573. The van der Waals surface area contributed by atoms with Crippen molar-refractivity contribution in [3.63, 3.8) is 0 Å². The van der Waals surface area contributed by atoms with Crippen molar-refractivity contribution < 1.29 is 23.4 Å². The molecule has 17 heavy (non-hydrogen) atoms. The summed E-state index contributed by atoms with van der Waals surface area (Å²) in [6.07, 6.45) is 0. The van der Waals surface area contributed by atoms with Gasteiger partial charge in [-0.15, -0.1) is 0 Å². The first-order valence-corrected chi connectivity index (χ1v) is 6.47. The quantitative estimate of drug-likeness (QED) is 0.652. The lowest BCUT2D eigenvalue weighted by molar-refractivity contribution is -0.134. The van der Waals surface area contributed by atoms with Crippen LogP contribution in [-0.2, 0) is 14.8 Å². The van der Waals surface area contributed by atoms with E-state index in [-0.39, 0.29) is 0 Å². The summed E-state index contributed by atoms with van der Waals surface area (Å²) in [6.45, 7) is -0.442. The SMILES string of the molecule is O=C(O)CS(=O)(=O)NC(CO)c1ccccc1. The molecular weight excluding hydrogens is 246 g/mol. The van der Waals surface area contributed by atoms with Crippen LogP contribution in [0.4, 0.5) is 0 Å². The first kappa shape index (κ1) is 13.6. The lowest BCUT2D eigenvalue weighted by Crippen LogP contribution is -2.34. The molecule has 0 saturated heterocycles. The molecule has 0 aliphatic rings. The van der Waals surface area contributed by atoms with Crippen molar-refractivity contribution in [2.75, 3.05) is 12.4 Å². The van der Waals surface area contributed by atoms with Crippen molar-refractivity contribution in [2.45, 2.75) is 6.04 Å². The van der Waals surface area contributed by atoms with Gasteiger partial charge >= 0.3 is 5.97 Å². The molecule has 0 spiro atoms. The van der Waals surface area contributed by atoms with Crippen LogP contribution < -0.4 is 4.72 Å². The Morgan fingerprint density at radius 1 is 1.29 bits per heavy atom. The van der Waals surface area contributed by atoms with Crippen LogP contribution in [0.1, 0.15) is 11.6 Å². The van der Waals surface area contributed by atoms with Crippen LogP contribution >= 0.6 is 0 Å². The smallest absolute Gasteiger partial charge is 0.320 e. The molecule has 0 heterocycles. The van der Waals surface area contributed by atoms with Gasteiger partial charge in [-0.2, -0.15) is 0 Å². The van der Waals surface area contributed by atoms with Crippen molar-refractivity contribution in [3.05, 3.63) is 35.9 Å². The molecule has 0 radical (unpaired) electrons. The lowest BCUT2D eigenvalue weighted by atomic mass is 10.1. The summed E-state index contributed by atoms with van der Waals surface area (Å²) < 4.78 is 24.9. The average molecular weight is 259 g/mol. The highest BCUT2D eigenvalue weighted by atomic mass is 32.2. The Labute approximate surface area is 99.0 Å². The fourth-order valence-corrected chi connectivity index (χ4v) is 2.37. The average Bonchev–Trinajstić information content (AvgIpc) is 2.25. The zero-order chi connectivity index (χ0) is 12.9. The molecular formula is C10H13NO5S. The van der Waals surface area contributed by atoms with E-state index in [2.05, 4.69) is 4.72 Å². The zero-order valence-corrected chi connectivity index (χ0v) is 9.72. The van der Waals surface area contributed by atoms with Gasteiger partial charge in [0.25, 0.3) is 0 Å². The van der Waals surface area contributed by atoms with Crippen molar-refractivity contribution in [1.82, 2.24) is 4.72 Å². The van der Waals surface area contributed by atoms with Crippen molar-refractivity contribution in [3.8, 4) is 0 Å². The van der Waals surface area contributed by atoms with E-state index in [1.54, 1.807) is 30.3 Å². The predicted octanol–water partition coefficient (Wildman–Crippen LogP) is -0.276. The number of sulfonamides is 1. The van der Waals surface area contributed by atoms with Crippen LogP contribution in [0.5, 0.6) is 0 Å². The molecule has 7 heteroatoms. The number of rotatable bonds is 6. The highest BCUT2D eigenvalue weighted by molar-refractivity contribution is 7.90. The Morgan fingerprint density at radius 2 is 1.88 bits per heavy atom. The molecule has 0 saturated carbocycles. The molecule has 6 nitrogen and oxygen atoms in total. The third kappa shape index (κ3) is 4.51. The van der Waals surface area contributed by atoms with E-state index in [1.165, 1.54) is 0 Å². The molecule has 0 aliphatic heterocycles. The van der Waals surface area contributed by atoms with Gasteiger partial charge in [-0.3, -0.25) is 4.79 Å². The van der Waals surface area contributed by atoms with Crippen LogP contribution in [0.3, 0.4) is 0 Å². The van der Waals surface area contributed by atoms with Crippen LogP contribution in [0, 0.1) is 0 Å². The second-order valence-corrected chi connectivity index (χ2v) is 5.17. The van der Waals surface area contributed by atoms with E-state index in [9.17, 15) is 13.2 Å². The van der Waals surface area contributed by atoms with Crippen molar-refractivity contribution in [1.29, 1.82) is 0 Å². The summed E-state index contributed by atoms with van der Waals surface area (Å²) in [6, 6.07) is 7.60. The molecule has 0 aliphatic carbocycles. The van der Waals surface area contributed by atoms with Gasteiger partial charge in [0.05, 0.1) is 12.6 Å². The number of hydrogen-bond acceptors (Lipinski definition) is 4. The number of aliphatic hydroxyl groups is 1. The molecule has 0 bridgehead atoms.